The third-order valence-electron chi connectivity index (χ3n) is 7.93. The normalized spacial score (nSPS) is 32.5. The Balaban J connectivity index is 1.07. The van der Waals surface area contributed by atoms with Crippen LogP contribution in [0.2, 0.25) is 0 Å². The van der Waals surface area contributed by atoms with E-state index in [1.54, 1.807) is 17.2 Å². The van der Waals surface area contributed by atoms with Crippen molar-refractivity contribution < 1.29 is 4.79 Å². The molecule has 0 unspecified atom stereocenters. The molecule has 0 spiro atoms. The predicted octanol–water partition coefficient (Wildman–Crippen LogP) is 0.290. The largest absolute Gasteiger partial charge is 0.354 e. The van der Waals surface area contributed by atoms with Gasteiger partial charge in [0.2, 0.25) is 0 Å². The van der Waals surface area contributed by atoms with Crippen LogP contribution in [0.1, 0.15) is 5.56 Å². The average molecular weight is 436 g/mol. The zero-order valence-electron chi connectivity index (χ0n) is 17.9. The summed E-state index contributed by atoms with van der Waals surface area (Å²) in [5.74, 6) is 3.25. The maximum atomic E-state index is 12.6. The highest BCUT2D eigenvalue weighted by Crippen LogP contribution is 2.50. The van der Waals surface area contributed by atoms with E-state index in [4.69, 9.17) is 11.5 Å². The molecule has 6 atom stereocenters. The van der Waals surface area contributed by atoms with Gasteiger partial charge in [0.15, 0.2) is 0 Å². The molecule has 5 N–H and O–H groups in total. The number of carbonyl (C=O) groups excluding carboxylic acids is 1. The van der Waals surface area contributed by atoms with Gasteiger partial charge in [0.1, 0.15) is 5.82 Å². The van der Waals surface area contributed by atoms with E-state index in [9.17, 15) is 9.59 Å². The molecule has 168 valence electrons. The molecular weight excluding hydrogens is 406 g/mol. The van der Waals surface area contributed by atoms with Crippen molar-refractivity contribution >= 4 is 11.8 Å². The first-order valence-corrected chi connectivity index (χ1v) is 11.4. The van der Waals surface area contributed by atoms with Crippen molar-refractivity contribution in [1.82, 2.24) is 19.4 Å². The quantitative estimate of drug-likeness (QED) is 0.621. The molecule has 0 bridgehead atoms. The van der Waals surface area contributed by atoms with Gasteiger partial charge in [0.05, 0.1) is 5.69 Å². The molecule has 9 nitrogen and oxygen atoms in total. The SMILES string of the molecule is NC[C@@H]1[C@H]2CN(C(=O)Nc3ccn(-c4ccc(CN5C[C@@H]6[C@@H](N)[C@@H]6C5)cc4)c(=O)n3)C[C@@H]12. The number of urea groups is 1. The lowest BCUT2D eigenvalue weighted by Gasteiger charge is -2.20. The summed E-state index contributed by atoms with van der Waals surface area (Å²) in [6.07, 6.45) is 1.65. The highest BCUT2D eigenvalue weighted by atomic mass is 16.2. The molecule has 2 aliphatic carbocycles. The molecule has 0 radical (unpaired) electrons. The number of anilines is 1. The fraction of sp³-hybridized carbons (Fsp3) is 0.522. The third-order valence-corrected chi connectivity index (χ3v) is 7.93. The average Bonchev–Trinajstić information content (AvgIpc) is 3.41. The smallest absolute Gasteiger partial charge is 0.330 e. The summed E-state index contributed by atoms with van der Waals surface area (Å²) in [4.78, 5) is 33.3. The van der Waals surface area contributed by atoms with Crippen LogP contribution in [0, 0.1) is 29.6 Å². The molecule has 32 heavy (non-hydrogen) atoms. The van der Waals surface area contributed by atoms with Crippen LogP contribution in [0.15, 0.2) is 41.3 Å². The molecule has 2 saturated carbocycles. The molecule has 2 amide bonds. The van der Waals surface area contributed by atoms with E-state index in [1.807, 2.05) is 12.1 Å². The number of nitrogens with one attached hydrogen (secondary N) is 1. The van der Waals surface area contributed by atoms with Gasteiger partial charge in [-0.2, -0.15) is 4.98 Å². The first-order chi connectivity index (χ1) is 15.5. The number of aromatic nitrogens is 2. The number of carbonyl (C=O) groups is 1. The minimum atomic E-state index is -0.420. The lowest BCUT2D eigenvalue weighted by molar-refractivity contribution is 0.214. The molecule has 6 rings (SSSR count). The Morgan fingerprint density at radius 2 is 1.72 bits per heavy atom. The number of likely N-dealkylation sites (tertiary alicyclic amines) is 2. The van der Waals surface area contributed by atoms with Gasteiger partial charge in [0, 0.05) is 45.0 Å². The van der Waals surface area contributed by atoms with Crippen molar-refractivity contribution in [3.05, 3.63) is 52.6 Å². The van der Waals surface area contributed by atoms with Crippen molar-refractivity contribution in [2.75, 3.05) is 38.0 Å². The van der Waals surface area contributed by atoms with Gasteiger partial charge in [-0.15, -0.1) is 0 Å². The minimum absolute atomic E-state index is 0.206. The topological polar surface area (TPSA) is 123 Å². The number of benzene rings is 1. The fourth-order valence-corrected chi connectivity index (χ4v) is 5.83. The standard InChI is InChI=1S/C23H29N7O2/c24-7-15-16-11-29(12-17(15)16)22(31)26-20-5-6-30(23(32)27-20)14-3-1-13(2-4-14)8-28-9-18-19(10-28)21(18)25/h1-6,15-19,21H,7-12,24-25H2,(H,26,27,31,32)/t15-,16-,17+,18-,19+,21+. The van der Waals surface area contributed by atoms with E-state index in [0.717, 1.165) is 38.4 Å². The Labute approximate surface area is 186 Å². The van der Waals surface area contributed by atoms with E-state index < -0.39 is 5.69 Å². The van der Waals surface area contributed by atoms with Crippen LogP contribution < -0.4 is 22.5 Å². The predicted molar refractivity (Wildman–Crippen MR) is 120 cm³/mol. The van der Waals surface area contributed by atoms with Crippen molar-refractivity contribution in [2.45, 2.75) is 12.6 Å². The number of amides is 2. The Morgan fingerprint density at radius 3 is 2.34 bits per heavy atom. The molecular formula is C23H29N7O2. The summed E-state index contributed by atoms with van der Waals surface area (Å²) in [7, 11) is 0. The second-order valence-corrected chi connectivity index (χ2v) is 9.79. The van der Waals surface area contributed by atoms with Crippen LogP contribution in [0.4, 0.5) is 10.6 Å². The summed E-state index contributed by atoms with van der Waals surface area (Å²) < 4.78 is 1.49. The number of piperidine rings is 2. The van der Waals surface area contributed by atoms with Crippen LogP contribution in [0.25, 0.3) is 5.69 Å². The van der Waals surface area contributed by atoms with E-state index in [1.165, 1.54) is 10.1 Å². The molecule has 2 saturated heterocycles. The molecule has 2 aromatic rings. The molecule has 9 heteroatoms. The zero-order chi connectivity index (χ0) is 22.0. The van der Waals surface area contributed by atoms with Crippen LogP contribution in [-0.4, -0.2) is 64.1 Å². The lowest BCUT2D eigenvalue weighted by atomic mass is 10.2. The van der Waals surface area contributed by atoms with Gasteiger partial charge in [-0.25, -0.2) is 9.59 Å². The third kappa shape index (κ3) is 3.41. The van der Waals surface area contributed by atoms with Crippen molar-refractivity contribution in [1.29, 1.82) is 0 Å². The summed E-state index contributed by atoms with van der Waals surface area (Å²) >= 11 is 0. The maximum Gasteiger partial charge on any atom is 0.354 e. The number of hydrogen-bond donors (Lipinski definition) is 3. The number of fused-ring (bicyclic) bond motifs is 2. The Hall–Kier alpha value is -2.75. The van der Waals surface area contributed by atoms with Crippen molar-refractivity contribution in [3.63, 3.8) is 0 Å². The van der Waals surface area contributed by atoms with Gasteiger partial charge < -0.3 is 16.4 Å². The van der Waals surface area contributed by atoms with E-state index in [-0.39, 0.29) is 11.8 Å². The molecule has 1 aromatic carbocycles. The summed E-state index contributed by atoms with van der Waals surface area (Å²) in [6, 6.07) is 9.83. The van der Waals surface area contributed by atoms with Gasteiger partial charge in [-0.3, -0.25) is 14.8 Å². The Bertz CT molecular complexity index is 1080. The molecule has 2 aliphatic heterocycles. The monoisotopic (exact) mass is 435 g/mol. The minimum Gasteiger partial charge on any atom is -0.330 e. The Morgan fingerprint density at radius 1 is 1.03 bits per heavy atom. The fourth-order valence-electron chi connectivity index (χ4n) is 5.83. The summed E-state index contributed by atoms with van der Waals surface area (Å²) in [5, 5.41) is 2.75. The highest BCUT2D eigenvalue weighted by molar-refractivity contribution is 5.88. The van der Waals surface area contributed by atoms with Crippen molar-refractivity contribution in [2.24, 2.45) is 41.1 Å². The summed E-state index contributed by atoms with van der Waals surface area (Å²) in [6.45, 7) is 5.22. The van der Waals surface area contributed by atoms with Crippen LogP contribution >= 0.6 is 0 Å². The number of rotatable bonds is 5. The molecule has 1 aromatic heterocycles. The molecule has 4 fully saturated rings. The second-order valence-electron chi connectivity index (χ2n) is 9.79. The maximum absolute atomic E-state index is 12.6. The first-order valence-electron chi connectivity index (χ1n) is 11.4. The number of nitrogens with two attached hydrogens (primary N) is 2. The first kappa shape index (κ1) is 19.9. The van der Waals surface area contributed by atoms with Gasteiger partial charge >= 0.3 is 11.7 Å². The van der Waals surface area contributed by atoms with Crippen LogP contribution in [0.3, 0.4) is 0 Å². The summed E-state index contributed by atoms with van der Waals surface area (Å²) in [5.41, 5.74) is 13.3. The van der Waals surface area contributed by atoms with Crippen LogP contribution in [-0.2, 0) is 6.54 Å². The van der Waals surface area contributed by atoms with E-state index >= 15 is 0 Å². The second kappa shape index (κ2) is 7.40. The highest BCUT2D eigenvalue weighted by Gasteiger charge is 2.55. The van der Waals surface area contributed by atoms with E-state index in [2.05, 4.69) is 27.3 Å². The van der Waals surface area contributed by atoms with Gasteiger partial charge in [-0.1, -0.05) is 12.1 Å². The Kier molecular flexibility index (Phi) is 4.60. The van der Waals surface area contributed by atoms with Crippen LogP contribution in [0.5, 0.6) is 0 Å². The van der Waals surface area contributed by atoms with Gasteiger partial charge in [-0.05, 0) is 59.9 Å². The van der Waals surface area contributed by atoms with Gasteiger partial charge in [0.25, 0.3) is 0 Å². The molecule has 4 aliphatic rings. The lowest BCUT2D eigenvalue weighted by Crippen LogP contribution is -2.36. The molecule has 3 heterocycles. The number of nitrogens with zero attached hydrogens (tertiary/aromatic N) is 4. The van der Waals surface area contributed by atoms with Crippen molar-refractivity contribution in [3.8, 4) is 5.69 Å². The zero-order valence-corrected chi connectivity index (χ0v) is 17.9. The number of hydrogen-bond acceptors (Lipinski definition) is 6. The van der Waals surface area contributed by atoms with E-state index in [0.29, 0.717) is 42.2 Å².